The first kappa shape index (κ1) is 13.8. The number of rotatable bonds is 5. The lowest BCUT2D eigenvalue weighted by Crippen LogP contribution is -2.09. The summed E-state index contributed by atoms with van der Waals surface area (Å²) in [7, 11) is -0.335. The standard InChI is InChI=1S/C11H17NO4S/c1-15-9-6-8(4-5-12)11(17(3,13)14)7-10(9)16-2/h6-7H,4-5,12H2,1-3H3. The Balaban J connectivity index is 3.46. The quantitative estimate of drug-likeness (QED) is 0.838. The van der Waals surface area contributed by atoms with Gasteiger partial charge in [0.2, 0.25) is 0 Å². The van der Waals surface area contributed by atoms with E-state index in [4.69, 9.17) is 15.2 Å². The van der Waals surface area contributed by atoms with Crippen LogP contribution in [-0.2, 0) is 16.3 Å². The Bertz CT molecular complexity index is 496. The van der Waals surface area contributed by atoms with Crippen molar-refractivity contribution in [2.45, 2.75) is 11.3 Å². The van der Waals surface area contributed by atoms with Gasteiger partial charge in [0.15, 0.2) is 21.3 Å². The first-order valence-corrected chi connectivity index (χ1v) is 6.98. The lowest BCUT2D eigenvalue weighted by Gasteiger charge is -2.13. The Hall–Kier alpha value is -1.27. The van der Waals surface area contributed by atoms with Crippen molar-refractivity contribution >= 4 is 9.84 Å². The SMILES string of the molecule is COc1cc(CCN)c(S(C)(=O)=O)cc1OC. The van der Waals surface area contributed by atoms with Gasteiger partial charge in [0.1, 0.15) is 0 Å². The minimum absolute atomic E-state index is 0.237. The molecule has 0 aliphatic carbocycles. The summed E-state index contributed by atoms with van der Waals surface area (Å²) in [6.07, 6.45) is 1.64. The Kier molecular flexibility index (Phi) is 4.36. The summed E-state index contributed by atoms with van der Waals surface area (Å²) in [4.78, 5) is 0.237. The molecule has 0 aromatic heterocycles. The Morgan fingerprint density at radius 3 is 2.12 bits per heavy atom. The van der Waals surface area contributed by atoms with E-state index in [1.54, 1.807) is 6.07 Å². The maximum absolute atomic E-state index is 11.7. The molecule has 1 rings (SSSR count). The maximum atomic E-state index is 11.7. The molecule has 0 bridgehead atoms. The molecule has 0 atom stereocenters. The topological polar surface area (TPSA) is 78.6 Å². The van der Waals surface area contributed by atoms with E-state index in [0.717, 1.165) is 6.26 Å². The maximum Gasteiger partial charge on any atom is 0.175 e. The summed E-state index contributed by atoms with van der Waals surface area (Å²) in [5.74, 6) is 0.900. The number of hydrogen-bond donors (Lipinski definition) is 1. The summed E-state index contributed by atoms with van der Waals surface area (Å²) < 4.78 is 33.5. The van der Waals surface area contributed by atoms with Gasteiger partial charge in [-0.2, -0.15) is 0 Å². The van der Waals surface area contributed by atoms with Gasteiger partial charge in [0, 0.05) is 12.3 Å². The summed E-state index contributed by atoms with van der Waals surface area (Å²) in [5, 5.41) is 0. The third-order valence-electron chi connectivity index (χ3n) is 2.38. The van der Waals surface area contributed by atoms with E-state index in [9.17, 15) is 8.42 Å². The third kappa shape index (κ3) is 3.10. The summed E-state index contributed by atoms with van der Waals surface area (Å²) in [5.41, 5.74) is 6.11. The average Bonchev–Trinajstić information content (AvgIpc) is 2.27. The largest absolute Gasteiger partial charge is 0.493 e. The first-order chi connectivity index (χ1) is 7.93. The van der Waals surface area contributed by atoms with Crippen molar-refractivity contribution in [3.05, 3.63) is 17.7 Å². The van der Waals surface area contributed by atoms with Gasteiger partial charge in [-0.1, -0.05) is 0 Å². The molecular formula is C11H17NO4S. The van der Waals surface area contributed by atoms with Gasteiger partial charge in [-0.3, -0.25) is 0 Å². The monoisotopic (exact) mass is 259 g/mol. The molecule has 0 radical (unpaired) electrons. The molecule has 6 heteroatoms. The van der Waals surface area contributed by atoms with Crippen LogP contribution in [0.25, 0.3) is 0 Å². The van der Waals surface area contributed by atoms with E-state index in [2.05, 4.69) is 0 Å². The van der Waals surface area contributed by atoms with Gasteiger partial charge >= 0.3 is 0 Å². The predicted octanol–water partition coefficient (Wildman–Crippen LogP) is 0.609. The molecule has 0 aliphatic heterocycles. The second-order valence-electron chi connectivity index (χ2n) is 3.63. The van der Waals surface area contributed by atoms with Crippen LogP contribution in [0.4, 0.5) is 0 Å². The predicted molar refractivity (Wildman–Crippen MR) is 65.4 cm³/mol. The van der Waals surface area contributed by atoms with E-state index < -0.39 is 9.84 Å². The van der Waals surface area contributed by atoms with Gasteiger partial charge in [0.25, 0.3) is 0 Å². The van der Waals surface area contributed by atoms with Crippen LogP contribution in [0.3, 0.4) is 0 Å². The van der Waals surface area contributed by atoms with Crippen molar-refractivity contribution in [1.29, 1.82) is 0 Å². The zero-order valence-corrected chi connectivity index (χ0v) is 11.0. The molecule has 0 unspecified atom stereocenters. The van der Waals surface area contributed by atoms with Crippen molar-refractivity contribution in [2.24, 2.45) is 5.73 Å². The van der Waals surface area contributed by atoms with Crippen LogP contribution >= 0.6 is 0 Å². The number of benzene rings is 1. The average molecular weight is 259 g/mol. The molecule has 17 heavy (non-hydrogen) atoms. The molecule has 0 spiro atoms. The summed E-state index contributed by atoms with van der Waals surface area (Å²) >= 11 is 0. The van der Waals surface area contributed by atoms with Crippen molar-refractivity contribution in [3.63, 3.8) is 0 Å². The molecule has 0 fully saturated rings. The fraction of sp³-hybridized carbons (Fsp3) is 0.455. The highest BCUT2D eigenvalue weighted by Gasteiger charge is 2.17. The van der Waals surface area contributed by atoms with Crippen molar-refractivity contribution in [2.75, 3.05) is 27.0 Å². The second-order valence-corrected chi connectivity index (χ2v) is 5.61. The highest BCUT2D eigenvalue weighted by Crippen LogP contribution is 2.32. The van der Waals surface area contributed by atoms with Crippen LogP contribution in [0.5, 0.6) is 11.5 Å². The van der Waals surface area contributed by atoms with Crippen molar-refractivity contribution in [3.8, 4) is 11.5 Å². The number of sulfone groups is 1. The van der Waals surface area contributed by atoms with Crippen molar-refractivity contribution in [1.82, 2.24) is 0 Å². The van der Waals surface area contributed by atoms with Crippen LogP contribution < -0.4 is 15.2 Å². The molecule has 0 saturated heterocycles. The Labute approximate surface area is 101 Å². The minimum atomic E-state index is -3.30. The first-order valence-electron chi connectivity index (χ1n) is 5.09. The normalized spacial score (nSPS) is 11.3. The number of nitrogens with two attached hydrogens (primary N) is 1. The van der Waals surface area contributed by atoms with E-state index in [0.29, 0.717) is 30.0 Å². The minimum Gasteiger partial charge on any atom is -0.493 e. The van der Waals surface area contributed by atoms with Crippen LogP contribution in [0.1, 0.15) is 5.56 Å². The lowest BCUT2D eigenvalue weighted by atomic mass is 10.1. The molecule has 1 aromatic rings. The number of hydrogen-bond acceptors (Lipinski definition) is 5. The number of methoxy groups -OCH3 is 2. The van der Waals surface area contributed by atoms with Crippen LogP contribution in [0.15, 0.2) is 17.0 Å². The molecular weight excluding hydrogens is 242 g/mol. The Morgan fingerprint density at radius 1 is 1.18 bits per heavy atom. The van der Waals surface area contributed by atoms with Gasteiger partial charge in [-0.25, -0.2) is 8.42 Å². The van der Waals surface area contributed by atoms with E-state index in [-0.39, 0.29) is 4.90 Å². The third-order valence-corrected chi connectivity index (χ3v) is 3.56. The van der Waals surface area contributed by atoms with E-state index in [1.807, 2.05) is 0 Å². The van der Waals surface area contributed by atoms with Gasteiger partial charge in [0.05, 0.1) is 19.1 Å². The fourth-order valence-electron chi connectivity index (χ4n) is 1.60. The summed E-state index contributed by atoms with van der Waals surface area (Å²) in [6, 6.07) is 3.13. The zero-order chi connectivity index (χ0) is 13.1. The molecule has 0 heterocycles. The van der Waals surface area contributed by atoms with E-state index in [1.165, 1.54) is 20.3 Å². The highest BCUT2D eigenvalue weighted by atomic mass is 32.2. The lowest BCUT2D eigenvalue weighted by molar-refractivity contribution is 0.353. The van der Waals surface area contributed by atoms with E-state index >= 15 is 0 Å². The molecule has 1 aromatic carbocycles. The Morgan fingerprint density at radius 2 is 1.71 bits per heavy atom. The molecule has 0 amide bonds. The van der Waals surface area contributed by atoms with Crippen LogP contribution in [0, 0.1) is 0 Å². The molecule has 5 nitrogen and oxygen atoms in total. The van der Waals surface area contributed by atoms with Gasteiger partial charge < -0.3 is 15.2 Å². The molecule has 96 valence electrons. The molecule has 0 saturated carbocycles. The molecule has 0 aliphatic rings. The molecule has 2 N–H and O–H groups in total. The smallest absolute Gasteiger partial charge is 0.175 e. The number of ether oxygens (including phenoxy) is 2. The van der Waals surface area contributed by atoms with Gasteiger partial charge in [-0.05, 0) is 24.6 Å². The second kappa shape index (κ2) is 5.37. The van der Waals surface area contributed by atoms with Crippen molar-refractivity contribution < 1.29 is 17.9 Å². The van der Waals surface area contributed by atoms with Crippen LogP contribution in [-0.4, -0.2) is 35.4 Å². The fourth-order valence-corrected chi connectivity index (χ4v) is 2.56. The van der Waals surface area contributed by atoms with Crippen LogP contribution in [0.2, 0.25) is 0 Å². The summed E-state index contributed by atoms with van der Waals surface area (Å²) in [6.45, 7) is 0.373. The zero-order valence-electron chi connectivity index (χ0n) is 10.2. The highest BCUT2D eigenvalue weighted by molar-refractivity contribution is 7.90. The van der Waals surface area contributed by atoms with Gasteiger partial charge in [-0.15, -0.1) is 0 Å².